The lowest BCUT2D eigenvalue weighted by Crippen LogP contribution is -2.02. The summed E-state index contributed by atoms with van der Waals surface area (Å²) in [6.07, 6.45) is 4.47. The number of phenolic OH excluding ortho intramolecular Hbond substituents is 1. The van der Waals surface area contributed by atoms with E-state index in [2.05, 4.69) is 4.98 Å². The van der Waals surface area contributed by atoms with Crippen molar-refractivity contribution in [1.82, 2.24) is 9.55 Å². The van der Waals surface area contributed by atoms with E-state index in [1.165, 1.54) is 0 Å². The van der Waals surface area contributed by atoms with Gasteiger partial charge < -0.3 is 15.4 Å². The van der Waals surface area contributed by atoms with Gasteiger partial charge in [-0.25, -0.2) is 4.98 Å². The van der Waals surface area contributed by atoms with Gasteiger partial charge in [0.2, 0.25) is 0 Å². The van der Waals surface area contributed by atoms with Gasteiger partial charge in [0, 0.05) is 18.3 Å². The summed E-state index contributed by atoms with van der Waals surface area (Å²) in [5.74, 6) is 0.265. The fourth-order valence-electron chi connectivity index (χ4n) is 1.41. The van der Waals surface area contributed by atoms with Gasteiger partial charge in [0.25, 0.3) is 0 Å². The van der Waals surface area contributed by atoms with E-state index in [1.54, 1.807) is 18.5 Å². The van der Waals surface area contributed by atoms with Crippen LogP contribution in [-0.4, -0.2) is 21.2 Å². The van der Waals surface area contributed by atoms with Crippen molar-refractivity contribution in [3.05, 3.63) is 42.5 Å². The Morgan fingerprint density at radius 1 is 1.27 bits per heavy atom. The molecule has 2 aromatic rings. The second-order valence-corrected chi connectivity index (χ2v) is 3.33. The van der Waals surface area contributed by atoms with Crippen LogP contribution >= 0.6 is 0 Å². The van der Waals surface area contributed by atoms with Crippen LogP contribution in [0, 0.1) is 0 Å². The number of aromatic hydroxyl groups is 1. The van der Waals surface area contributed by atoms with Crippen LogP contribution < -0.4 is 5.73 Å². The van der Waals surface area contributed by atoms with E-state index in [4.69, 9.17) is 10.8 Å². The first-order valence-corrected chi connectivity index (χ1v) is 4.82. The molecule has 0 unspecified atom stereocenters. The molecule has 0 aliphatic carbocycles. The summed E-state index contributed by atoms with van der Waals surface area (Å²) < 4.78 is 1.91. The summed E-state index contributed by atoms with van der Waals surface area (Å²) in [6, 6.07) is 6.97. The summed E-state index contributed by atoms with van der Waals surface area (Å²) in [5, 5.41) is 9.15. The summed E-state index contributed by atoms with van der Waals surface area (Å²) in [7, 11) is 0. The molecule has 3 N–H and O–H groups in total. The number of nitrogens with two attached hydrogens (primary N) is 1. The van der Waals surface area contributed by atoms with Gasteiger partial charge in [0.05, 0.1) is 12.0 Å². The van der Waals surface area contributed by atoms with E-state index >= 15 is 0 Å². The SMILES string of the molecule is NCCc1cn(-c2ccc(O)cc2)cn1. The first kappa shape index (κ1) is 9.73. The number of aromatic nitrogens is 2. The average Bonchev–Trinajstić information content (AvgIpc) is 2.68. The number of hydrogen-bond donors (Lipinski definition) is 2. The summed E-state index contributed by atoms with van der Waals surface area (Å²) >= 11 is 0. The van der Waals surface area contributed by atoms with Crippen molar-refractivity contribution in [1.29, 1.82) is 0 Å². The van der Waals surface area contributed by atoms with E-state index in [0.29, 0.717) is 6.54 Å². The monoisotopic (exact) mass is 203 g/mol. The number of hydrogen-bond acceptors (Lipinski definition) is 3. The molecule has 4 nitrogen and oxygen atoms in total. The first-order valence-electron chi connectivity index (χ1n) is 4.82. The lowest BCUT2D eigenvalue weighted by Gasteiger charge is -2.00. The van der Waals surface area contributed by atoms with Crippen LogP contribution in [0.2, 0.25) is 0 Å². The smallest absolute Gasteiger partial charge is 0.115 e. The summed E-state index contributed by atoms with van der Waals surface area (Å²) in [5.41, 5.74) is 7.40. The van der Waals surface area contributed by atoms with Crippen molar-refractivity contribution in [2.75, 3.05) is 6.54 Å². The van der Waals surface area contributed by atoms with E-state index in [9.17, 15) is 0 Å². The van der Waals surface area contributed by atoms with Crippen LogP contribution in [0.5, 0.6) is 5.75 Å². The molecule has 1 aromatic carbocycles. The minimum absolute atomic E-state index is 0.265. The topological polar surface area (TPSA) is 64.1 Å². The average molecular weight is 203 g/mol. The normalized spacial score (nSPS) is 10.5. The number of benzene rings is 1. The van der Waals surface area contributed by atoms with Gasteiger partial charge in [-0.05, 0) is 30.8 Å². The van der Waals surface area contributed by atoms with Gasteiger partial charge in [0.15, 0.2) is 0 Å². The Balaban J connectivity index is 2.25. The Kier molecular flexibility index (Phi) is 2.69. The molecule has 0 bridgehead atoms. The highest BCUT2D eigenvalue weighted by Gasteiger charge is 1.99. The molecule has 0 radical (unpaired) electrons. The van der Waals surface area contributed by atoms with Gasteiger partial charge in [-0.2, -0.15) is 0 Å². The maximum absolute atomic E-state index is 9.15. The minimum Gasteiger partial charge on any atom is -0.508 e. The molecular formula is C11H13N3O. The molecule has 0 aliphatic rings. The molecule has 4 heteroatoms. The quantitative estimate of drug-likeness (QED) is 0.784. The third-order valence-electron chi connectivity index (χ3n) is 2.18. The van der Waals surface area contributed by atoms with Gasteiger partial charge in [-0.3, -0.25) is 0 Å². The zero-order valence-corrected chi connectivity index (χ0v) is 8.30. The lowest BCUT2D eigenvalue weighted by atomic mass is 10.3. The third-order valence-corrected chi connectivity index (χ3v) is 2.18. The fourth-order valence-corrected chi connectivity index (χ4v) is 1.41. The lowest BCUT2D eigenvalue weighted by molar-refractivity contribution is 0.475. The molecule has 15 heavy (non-hydrogen) atoms. The van der Waals surface area contributed by atoms with Crippen molar-refractivity contribution in [2.45, 2.75) is 6.42 Å². The highest BCUT2D eigenvalue weighted by Crippen LogP contribution is 2.13. The molecule has 1 aromatic heterocycles. The van der Waals surface area contributed by atoms with Gasteiger partial charge in [-0.1, -0.05) is 0 Å². The van der Waals surface area contributed by atoms with Gasteiger partial charge in [0.1, 0.15) is 5.75 Å². The van der Waals surface area contributed by atoms with Crippen molar-refractivity contribution in [3.8, 4) is 11.4 Å². The molecule has 1 heterocycles. The largest absolute Gasteiger partial charge is 0.508 e. The summed E-state index contributed by atoms with van der Waals surface area (Å²) in [6.45, 7) is 0.604. The predicted octanol–water partition coefficient (Wildman–Crippen LogP) is 1.08. The number of phenols is 1. The van der Waals surface area contributed by atoms with Crippen LogP contribution in [0.3, 0.4) is 0 Å². The summed E-state index contributed by atoms with van der Waals surface area (Å²) in [4.78, 5) is 4.23. The Labute approximate surface area is 88.0 Å². The molecule has 78 valence electrons. The molecule has 0 saturated heterocycles. The van der Waals surface area contributed by atoms with Crippen LogP contribution in [0.4, 0.5) is 0 Å². The molecule has 0 spiro atoms. The zero-order chi connectivity index (χ0) is 10.7. The van der Waals surface area contributed by atoms with Gasteiger partial charge >= 0.3 is 0 Å². The van der Waals surface area contributed by atoms with E-state index < -0.39 is 0 Å². The molecular weight excluding hydrogens is 190 g/mol. The Hall–Kier alpha value is -1.81. The fraction of sp³-hybridized carbons (Fsp3) is 0.182. The van der Waals surface area contributed by atoms with Crippen molar-refractivity contribution in [2.24, 2.45) is 5.73 Å². The van der Waals surface area contributed by atoms with Crippen molar-refractivity contribution >= 4 is 0 Å². The first-order chi connectivity index (χ1) is 7.29. The minimum atomic E-state index is 0.265. The van der Waals surface area contributed by atoms with Crippen LogP contribution in [-0.2, 0) is 6.42 Å². The van der Waals surface area contributed by atoms with Crippen molar-refractivity contribution in [3.63, 3.8) is 0 Å². The number of rotatable bonds is 3. The molecule has 0 fully saturated rings. The highest BCUT2D eigenvalue weighted by molar-refractivity contribution is 5.36. The highest BCUT2D eigenvalue weighted by atomic mass is 16.3. The van der Waals surface area contributed by atoms with Crippen LogP contribution in [0.1, 0.15) is 5.69 Å². The Bertz CT molecular complexity index is 433. The van der Waals surface area contributed by atoms with Crippen molar-refractivity contribution < 1.29 is 5.11 Å². The molecule has 2 rings (SSSR count). The molecule has 0 atom stereocenters. The number of nitrogens with zero attached hydrogens (tertiary/aromatic N) is 2. The van der Waals surface area contributed by atoms with Crippen LogP contribution in [0.25, 0.3) is 5.69 Å². The molecule has 0 aliphatic heterocycles. The maximum atomic E-state index is 9.15. The maximum Gasteiger partial charge on any atom is 0.115 e. The van der Waals surface area contributed by atoms with E-state index in [0.717, 1.165) is 17.8 Å². The van der Waals surface area contributed by atoms with Gasteiger partial charge in [-0.15, -0.1) is 0 Å². The van der Waals surface area contributed by atoms with Crippen LogP contribution in [0.15, 0.2) is 36.8 Å². The van der Waals surface area contributed by atoms with E-state index in [-0.39, 0.29) is 5.75 Å². The molecule has 0 saturated carbocycles. The second-order valence-electron chi connectivity index (χ2n) is 3.33. The number of imidazole rings is 1. The molecule has 0 amide bonds. The second kappa shape index (κ2) is 4.14. The predicted molar refractivity (Wildman–Crippen MR) is 58.0 cm³/mol. The zero-order valence-electron chi connectivity index (χ0n) is 8.30. The Morgan fingerprint density at radius 2 is 2.00 bits per heavy atom. The third kappa shape index (κ3) is 2.16. The standard InChI is InChI=1S/C11H13N3O/c12-6-5-9-7-14(8-13-9)10-1-3-11(15)4-2-10/h1-4,7-8,15H,5-6,12H2. The van der Waals surface area contributed by atoms with E-state index in [1.807, 2.05) is 22.9 Å². The Morgan fingerprint density at radius 3 is 2.67 bits per heavy atom.